The maximum atomic E-state index is 6.18. The summed E-state index contributed by atoms with van der Waals surface area (Å²) in [4.78, 5) is 0. The van der Waals surface area contributed by atoms with Gasteiger partial charge in [0.2, 0.25) is 0 Å². The molecule has 0 amide bonds. The van der Waals surface area contributed by atoms with Gasteiger partial charge in [-0.3, -0.25) is 0 Å². The second-order valence-corrected chi connectivity index (χ2v) is 6.37. The first-order valence-electron chi connectivity index (χ1n) is 7.88. The van der Waals surface area contributed by atoms with Gasteiger partial charge in [-0.2, -0.15) is 0 Å². The molecule has 0 saturated heterocycles. The highest BCUT2D eigenvalue weighted by Gasteiger charge is 2.19. The molecular weight excluding hydrogens is 286 g/mol. The second kappa shape index (κ2) is 7.90. The van der Waals surface area contributed by atoms with E-state index in [2.05, 4.69) is 6.92 Å². The quantitative estimate of drug-likeness (QED) is 0.821. The SMILES string of the molecule is CCC(N)Cc1cc(Cl)cc(OC)c1OCC1CCCC1. The Kier molecular flexibility index (Phi) is 6.19. The lowest BCUT2D eigenvalue weighted by molar-refractivity contribution is 0.238. The molecule has 21 heavy (non-hydrogen) atoms. The molecule has 1 aliphatic rings. The molecule has 1 unspecified atom stereocenters. The van der Waals surface area contributed by atoms with Crippen LogP contribution in [0.3, 0.4) is 0 Å². The van der Waals surface area contributed by atoms with Gasteiger partial charge in [0.05, 0.1) is 13.7 Å². The topological polar surface area (TPSA) is 44.5 Å². The van der Waals surface area contributed by atoms with Crippen molar-refractivity contribution in [3.05, 3.63) is 22.7 Å². The average Bonchev–Trinajstić information content (AvgIpc) is 2.98. The van der Waals surface area contributed by atoms with E-state index in [1.807, 2.05) is 12.1 Å². The normalized spacial score (nSPS) is 17.0. The van der Waals surface area contributed by atoms with E-state index in [9.17, 15) is 0 Å². The number of nitrogens with two attached hydrogens (primary N) is 1. The van der Waals surface area contributed by atoms with E-state index in [1.165, 1.54) is 25.7 Å². The summed E-state index contributed by atoms with van der Waals surface area (Å²) in [6.07, 6.45) is 6.85. The fourth-order valence-electron chi connectivity index (χ4n) is 2.89. The van der Waals surface area contributed by atoms with Gasteiger partial charge in [0.1, 0.15) is 0 Å². The minimum absolute atomic E-state index is 0.113. The Morgan fingerprint density at radius 3 is 2.67 bits per heavy atom. The van der Waals surface area contributed by atoms with Crippen molar-refractivity contribution < 1.29 is 9.47 Å². The zero-order chi connectivity index (χ0) is 15.2. The number of benzene rings is 1. The molecule has 1 aromatic carbocycles. The van der Waals surface area contributed by atoms with Crippen molar-refractivity contribution in [3.63, 3.8) is 0 Å². The number of rotatable bonds is 7. The smallest absolute Gasteiger partial charge is 0.164 e. The molecule has 3 nitrogen and oxygen atoms in total. The highest BCUT2D eigenvalue weighted by Crippen LogP contribution is 2.36. The highest BCUT2D eigenvalue weighted by atomic mass is 35.5. The van der Waals surface area contributed by atoms with Crippen molar-refractivity contribution in [2.24, 2.45) is 11.7 Å². The molecule has 4 heteroatoms. The van der Waals surface area contributed by atoms with Crippen LogP contribution in [0.2, 0.25) is 5.02 Å². The van der Waals surface area contributed by atoms with Crippen LogP contribution in [0.15, 0.2) is 12.1 Å². The van der Waals surface area contributed by atoms with Crippen molar-refractivity contribution in [2.75, 3.05) is 13.7 Å². The Labute approximate surface area is 132 Å². The molecule has 1 aromatic rings. The summed E-state index contributed by atoms with van der Waals surface area (Å²) >= 11 is 6.18. The number of methoxy groups -OCH3 is 1. The molecule has 1 atom stereocenters. The fourth-order valence-corrected chi connectivity index (χ4v) is 3.13. The Balaban J connectivity index is 2.17. The summed E-state index contributed by atoms with van der Waals surface area (Å²) in [5.41, 5.74) is 7.14. The van der Waals surface area contributed by atoms with E-state index >= 15 is 0 Å². The molecule has 118 valence electrons. The molecule has 2 rings (SSSR count). The lowest BCUT2D eigenvalue weighted by Crippen LogP contribution is -2.22. The fraction of sp³-hybridized carbons (Fsp3) is 0.647. The lowest BCUT2D eigenvalue weighted by Gasteiger charge is -2.19. The molecule has 1 aliphatic carbocycles. The minimum atomic E-state index is 0.113. The summed E-state index contributed by atoms with van der Waals surface area (Å²) < 4.78 is 11.6. The Hall–Kier alpha value is -0.930. The first-order valence-corrected chi connectivity index (χ1v) is 8.26. The summed E-state index contributed by atoms with van der Waals surface area (Å²) in [6.45, 7) is 2.85. The van der Waals surface area contributed by atoms with E-state index in [0.717, 1.165) is 30.8 Å². The molecular formula is C17H26ClNO2. The van der Waals surface area contributed by atoms with E-state index in [-0.39, 0.29) is 6.04 Å². The zero-order valence-corrected chi connectivity index (χ0v) is 13.8. The summed E-state index contributed by atoms with van der Waals surface area (Å²) in [7, 11) is 1.65. The molecule has 0 aromatic heterocycles. The third kappa shape index (κ3) is 4.52. The standard InChI is InChI=1S/C17H26ClNO2/c1-3-15(19)9-13-8-14(18)10-16(20-2)17(13)21-11-12-6-4-5-7-12/h8,10,12,15H,3-7,9,11,19H2,1-2H3. The van der Waals surface area contributed by atoms with Gasteiger partial charge >= 0.3 is 0 Å². The predicted molar refractivity (Wildman–Crippen MR) is 87.4 cm³/mol. The van der Waals surface area contributed by atoms with Crippen molar-refractivity contribution in [1.29, 1.82) is 0 Å². The van der Waals surface area contributed by atoms with Crippen molar-refractivity contribution in [1.82, 2.24) is 0 Å². The van der Waals surface area contributed by atoms with Crippen LogP contribution in [0.5, 0.6) is 11.5 Å². The van der Waals surface area contributed by atoms with Gasteiger partial charge < -0.3 is 15.2 Å². The Morgan fingerprint density at radius 2 is 2.05 bits per heavy atom. The molecule has 0 spiro atoms. The van der Waals surface area contributed by atoms with Gasteiger partial charge in [0.15, 0.2) is 11.5 Å². The molecule has 1 fully saturated rings. The predicted octanol–water partition coefficient (Wildman–Crippen LogP) is 4.20. The van der Waals surface area contributed by atoms with Crippen LogP contribution in [0, 0.1) is 5.92 Å². The molecule has 0 bridgehead atoms. The maximum absolute atomic E-state index is 6.18. The molecule has 2 N–H and O–H groups in total. The van der Waals surface area contributed by atoms with Crippen LogP contribution >= 0.6 is 11.6 Å². The van der Waals surface area contributed by atoms with Crippen LogP contribution in [-0.2, 0) is 6.42 Å². The zero-order valence-electron chi connectivity index (χ0n) is 13.0. The van der Waals surface area contributed by atoms with Crippen LogP contribution in [-0.4, -0.2) is 19.8 Å². The van der Waals surface area contributed by atoms with Gasteiger partial charge in [-0.25, -0.2) is 0 Å². The van der Waals surface area contributed by atoms with Crippen LogP contribution in [0.1, 0.15) is 44.6 Å². The second-order valence-electron chi connectivity index (χ2n) is 5.93. The molecule has 0 aliphatic heterocycles. The van der Waals surface area contributed by atoms with E-state index < -0.39 is 0 Å². The summed E-state index contributed by atoms with van der Waals surface area (Å²) in [6, 6.07) is 3.87. The third-order valence-corrected chi connectivity index (χ3v) is 4.48. The number of hydrogen-bond donors (Lipinski definition) is 1. The monoisotopic (exact) mass is 311 g/mol. The van der Waals surface area contributed by atoms with E-state index in [1.54, 1.807) is 7.11 Å². The molecule has 0 heterocycles. The van der Waals surface area contributed by atoms with Crippen LogP contribution in [0.4, 0.5) is 0 Å². The summed E-state index contributed by atoms with van der Waals surface area (Å²) in [5.74, 6) is 2.19. The van der Waals surface area contributed by atoms with Crippen LogP contribution < -0.4 is 15.2 Å². The summed E-state index contributed by atoms with van der Waals surface area (Å²) in [5, 5.41) is 0.665. The average molecular weight is 312 g/mol. The van der Waals surface area contributed by atoms with Crippen molar-refractivity contribution in [3.8, 4) is 11.5 Å². The number of ether oxygens (including phenoxy) is 2. The largest absolute Gasteiger partial charge is 0.493 e. The first kappa shape index (κ1) is 16.4. The first-order chi connectivity index (χ1) is 10.1. The maximum Gasteiger partial charge on any atom is 0.164 e. The van der Waals surface area contributed by atoms with Gasteiger partial charge in [-0.05, 0) is 37.7 Å². The van der Waals surface area contributed by atoms with Gasteiger partial charge in [0, 0.05) is 22.7 Å². The van der Waals surface area contributed by atoms with Gasteiger partial charge in [0.25, 0.3) is 0 Å². The lowest BCUT2D eigenvalue weighted by atomic mass is 10.0. The Morgan fingerprint density at radius 1 is 1.33 bits per heavy atom. The van der Waals surface area contributed by atoms with E-state index in [4.69, 9.17) is 26.8 Å². The van der Waals surface area contributed by atoms with Crippen molar-refractivity contribution in [2.45, 2.75) is 51.5 Å². The van der Waals surface area contributed by atoms with E-state index in [0.29, 0.717) is 16.7 Å². The van der Waals surface area contributed by atoms with Gasteiger partial charge in [-0.1, -0.05) is 31.4 Å². The van der Waals surface area contributed by atoms with Crippen LogP contribution in [0.25, 0.3) is 0 Å². The number of halogens is 1. The third-order valence-electron chi connectivity index (χ3n) is 4.26. The number of hydrogen-bond acceptors (Lipinski definition) is 3. The molecule has 0 radical (unpaired) electrons. The van der Waals surface area contributed by atoms with Gasteiger partial charge in [-0.15, -0.1) is 0 Å². The minimum Gasteiger partial charge on any atom is -0.493 e. The van der Waals surface area contributed by atoms with Crippen molar-refractivity contribution >= 4 is 11.6 Å². The molecule has 1 saturated carbocycles. The highest BCUT2D eigenvalue weighted by molar-refractivity contribution is 6.30. The Bertz CT molecular complexity index is 458.